The third-order valence-electron chi connectivity index (χ3n) is 3.36. The number of aryl methyl sites for hydroxylation is 1. The average molecular weight is 293 g/mol. The van der Waals surface area contributed by atoms with Crippen molar-refractivity contribution in [3.05, 3.63) is 29.6 Å². The molecule has 1 atom stereocenters. The fourth-order valence-electron chi connectivity index (χ4n) is 1.87. The zero-order valence-corrected chi connectivity index (χ0v) is 12.6. The Balaban J connectivity index is 2.17. The van der Waals surface area contributed by atoms with Crippen LogP contribution in [0.4, 0.5) is 4.79 Å². The Hall–Kier alpha value is -2.11. The molecule has 0 aliphatic carbocycles. The van der Waals surface area contributed by atoms with E-state index < -0.39 is 5.97 Å². The molecule has 1 aromatic heterocycles. The predicted octanol–water partition coefficient (Wildman–Crippen LogP) is 2.08. The number of carbonyl (C=O) groups is 2. The summed E-state index contributed by atoms with van der Waals surface area (Å²) < 4.78 is 0. The van der Waals surface area contributed by atoms with Crippen LogP contribution in [0.15, 0.2) is 18.5 Å². The highest BCUT2D eigenvalue weighted by Crippen LogP contribution is 2.09. The number of aliphatic carboxylic acids is 1. The number of pyridine rings is 1. The van der Waals surface area contributed by atoms with Crippen LogP contribution >= 0.6 is 0 Å². The van der Waals surface area contributed by atoms with E-state index in [-0.39, 0.29) is 18.4 Å². The molecule has 0 saturated carbocycles. The molecule has 0 saturated heterocycles. The van der Waals surface area contributed by atoms with E-state index in [0.717, 1.165) is 17.5 Å². The number of carboxylic acid groups (broad SMARTS) is 1. The van der Waals surface area contributed by atoms with Gasteiger partial charge < -0.3 is 15.7 Å². The van der Waals surface area contributed by atoms with E-state index in [1.165, 1.54) is 0 Å². The maximum Gasteiger partial charge on any atom is 0.315 e. The highest BCUT2D eigenvalue weighted by atomic mass is 16.4. The summed E-state index contributed by atoms with van der Waals surface area (Å²) in [6.45, 7) is 4.95. The number of amides is 2. The van der Waals surface area contributed by atoms with Crippen LogP contribution in [0, 0.1) is 12.8 Å². The molecule has 1 rings (SSSR count). The molecular weight excluding hydrogens is 270 g/mol. The SMILES string of the molecule is Cc1ccncc1CNC(=O)NCCC(C)CCC(=O)O. The van der Waals surface area contributed by atoms with E-state index in [4.69, 9.17) is 5.11 Å². The third-order valence-corrected chi connectivity index (χ3v) is 3.36. The minimum Gasteiger partial charge on any atom is -0.481 e. The lowest BCUT2D eigenvalue weighted by Gasteiger charge is -2.12. The van der Waals surface area contributed by atoms with Gasteiger partial charge in [0.05, 0.1) is 0 Å². The van der Waals surface area contributed by atoms with Crippen LogP contribution in [0.1, 0.15) is 37.3 Å². The quantitative estimate of drug-likeness (QED) is 0.684. The lowest BCUT2D eigenvalue weighted by Crippen LogP contribution is -2.36. The molecule has 0 aromatic carbocycles. The van der Waals surface area contributed by atoms with Gasteiger partial charge in [-0.1, -0.05) is 6.92 Å². The number of nitrogens with zero attached hydrogens (tertiary/aromatic N) is 1. The Morgan fingerprint density at radius 2 is 2.10 bits per heavy atom. The van der Waals surface area contributed by atoms with Crippen LogP contribution in [0.25, 0.3) is 0 Å². The first-order chi connectivity index (χ1) is 9.99. The van der Waals surface area contributed by atoms with Gasteiger partial charge in [-0.25, -0.2) is 4.79 Å². The zero-order valence-electron chi connectivity index (χ0n) is 12.6. The Kier molecular flexibility index (Phi) is 7.21. The Bertz CT molecular complexity index is 477. The van der Waals surface area contributed by atoms with Crippen LogP contribution in [0.2, 0.25) is 0 Å². The normalized spacial score (nSPS) is 11.7. The first kappa shape index (κ1) is 16.9. The molecular formula is C15H23N3O3. The van der Waals surface area contributed by atoms with Crippen molar-refractivity contribution < 1.29 is 14.7 Å². The maximum absolute atomic E-state index is 11.6. The molecule has 0 bridgehead atoms. The summed E-state index contributed by atoms with van der Waals surface area (Å²) in [6.07, 6.45) is 5.04. The summed E-state index contributed by atoms with van der Waals surface area (Å²) in [5, 5.41) is 14.1. The molecule has 6 nitrogen and oxygen atoms in total. The number of carbonyl (C=O) groups excluding carboxylic acids is 1. The number of carboxylic acids is 1. The Morgan fingerprint density at radius 1 is 1.33 bits per heavy atom. The van der Waals surface area contributed by atoms with Gasteiger partial charge in [0.25, 0.3) is 0 Å². The standard InChI is InChI=1S/C15H23N3O3/c1-11(3-4-14(19)20)5-8-17-15(21)18-10-13-9-16-7-6-12(13)2/h6-7,9,11H,3-5,8,10H2,1-2H3,(H,19,20)(H2,17,18,21). The van der Waals surface area contributed by atoms with Crippen LogP contribution in [-0.2, 0) is 11.3 Å². The molecule has 0 spiro atoms. The van der Waals surface area contributed by atoms with Crippen LogP contribution in [0.5, 0.6) is 0 Å². The highest BCUT2D eigenvalue weighted by molar-refractivity contribution is 5.73. The van der Waals surface area contributed by atoms with Crippen molar-refractivity contribution in [3.63, 3.8) is 0 Å². The molecule has 1 unspecified atom stereocenters. The van der Waals surface area contributed by atoms with Gasteiger partial charge in [0, 0.05) is 31.9 Å². The smallest absolute Gasteiger partial charge is 0.315 e. The van der Waals surface area contributed by atoms with E-state index in [0.29, 0.717) is 19.5 Å². The minimum atomic E-state index is -0.778. The van der Waals surface area contributed by atoms with Crippen LogP contribution in [0.3, 0.4) is 0 Å². The Morgan fingerprint density at radius 3 is 2.76 bits per heavy atom. The van der Waals surface area contributed by atoms with Gasteiger partial charge in [-0.3, -0.25) is 9.78 Å². The molecule has 2 amide bonds. The summed E-state index contributed by atoms with van der Waals surface area (Å²) in [5.41, 5.74) is 2.08. The van der Waals surface area contributed by atoms with Gasteiger partial charge in [0.2, 0.25) is 0 Å². The van der Waals surface area contributed by atoms with Crippen molar-refractivity contribution in [3.8, 4) is 0 Å². The van der Waals surface area contributed by atoms with E-state index >= 15 is 0 Å². The summed E-state index contributed by atoms with van der Waals surface area (Å²) in [5.74, 6) is -0.499. The molecule has 0 aliphatic rings. The fourth-order valence-corrected chi connectivity index (χ4v) is 1.87. The first-order valence-electron chi connectivity index (χ1n) is 7.12. The van der Waals surface area contributed by atoms with E-state index in [1.807, 2.05) is 19.9 Å². The molecule has 21 heavy (non-hydrogen) atoms. The second-order valence-corrected chi connectivity index (χ2v) is 5.24. The van der Waals surface area contributed by atoms with E-state index in [2.05, 4.69) is 15.6 Å². The van der Waals surface area contributed by atoms with Crippen molar-refractivity contribution >= 4 is 12.0 Å². The molecule has 116 valence electrons. The minimum absolute atomic E-state index is 0.174. The fraction of sp³-hybridized carbons (Fsp3) is 0.533. The van der Waals surface area contributed by atoms with Crippen LogP contribution in [-0.4, -0.2) is 28.6 Å². The molecule has 1 aromatic rings. The Labute approximate surface area is 125 Å². The topological polar surface area (TPSA) is 91.3 Å². The molecule has 6 heteroatoms. The van der Waals surface area contributed by atoms with Gasteiger partial charge >= 0.3 is 12.0 Å². The zero-order chi connectivity index (χ0) is 15.7. The lowest BCUT2D eigenvalue weighted by atomic mass is 10.0. The van der Waals surface area contributed by atoms with Crippen molar-refractivity contribution in [2.24, 2.45) is 5.92 Å². The maximum atomic E-state index is 11.6. The van der Waals surface area contributed by atoms with Gasteiger partial charge in [-0.05, 0) is 42.9 Å². The summed E-state index contributed by atoms with van der Waals surface area (Å²) in [6, 6.07) is 1.68. The number of aromatic nitrogens is 1. The number of rotatable bonds is 8. The molecule has 1 heterocycles. The molecule has 3 N–H and O–H groups in total. The van der Waals surface area contributed by atoms with Gasteiger partial charge in [-0.2, -0.15) is 0 Å². The summed E-state index contributed by atoms with van der Waals surface area (Å²) in [7, 11) is 0. The lowest BCUT2D eigenvalue weighted by molar-refractivity contribution is -0.137. The number of nitrogens with one attached hydrogen (secondary N) is 2. The largest absolute Gasteiger partial charge is 0.481 e. The molecule has 0 fully saturated rings. The number of hydrogen-bond acceptors (Lipinski definition) is 3. The summed E-state index contributed by atoms with van der Waals surface area (Å²) in [4.78, 5) is 26.1. The van der Waals surface area contributed by atoms with Gasteiger partial charge in [0.1, 0.15) is 0 Å². The van der Waals surface area contributed by atoms with Crippen LogP contribution < -0.4 is 10.6 Å². The number of hydrogen-bond donors (Lipinski definition) is 3. The van der Waals surface area contributed by atoms with Crippen molar-refractivity contribution in [2.45, 2.75) is 39.7 Å². The first-order valence-corrected chi connectivity index (χ1v) is 7.12. The highest BCUT2D eigenvalue weighted by Gasteiger charge is 2.07. The summed E-state index contributed by atoms with van der Waals surface area (Å²) >= 11 is 0. The van der Waals surface area contributed by atoms with E-state index in [1.54, 1.807) is 12.4 Å². The van der Waals surface area contributed by atoms with E-state index in [9.17, 15) is 9.59 Å². The predicted molar refractivity (Wildman–Crippen MR) is 79.9 cm³/mol. The molecule has 0 aliphatic heterocycles. The second-order valence-electron chi connectivity index (χ2n) is 5.24. The number of urea groups is 1. The van der Waals surface area contributed by atoms with Crippen molar-refractivity contribution in [2.75, 3.05) is 6.54 Å². The van der Waals surface area contributed by atoms with Crippen molar-refractivity contribution in [1.82, 2.24) is 15.6 Å². The van der Waals surface area contributed by atoms with Gasteiger partial charge in [0.15, 0.2) is 0 Å². The monoisotopic (exact) mass is 293 g/mol. The van der Waals surface area contributed by atoms with Crippen molar-refractivity contribution in [1.29, 1.82) is 0 Å². The average Bonchev–Trinajstić information content (AvgIpc) is 2.44. The second kappa shape index (κ2) is 8.94. The third kappa shape index (κ3) is 7.29. The molecule has 0 radical (unpaired) electrons. The van der Waals surface area contributed by atoms with Gasteiger partial charge in [-0.15, -0.1) is 0 Å².